The summed E-state index contributed by atoms with van der Waals surface area (Å²) in [6.07, 6.45) is 0. The van der Waals surface area contributed by atoms with E-state index in [0.717, 1.165) is 43.1 Å². The summed E-state index contributed by atoms with van der Waals surface area (Å²) in [6.45, 7) is 34.1. The van der Waals surface area contributed by atoms with E-state index < -0.39 is 0 Å². The fourth-order valence-electron chi connectivity index (χ4n) is 10.8. The summed E-state index contributed by atoms with van der Waals surface area (Å²) in [6, 6.07) is 67.8. The van der Waals surface area contributed by atoms with Crippen LogP contribution >= 0.6 is 31.9 Å². The van der Waals surface area contributed by atoms with Crippen LogP contribution in [0.2, 0.25) is 0 Å². The Bertz CT molecular complexity index is 3280. The van der Waals surface area contributed by atoms with Crippen LogP contribution in [0.1, 0.15) is 112 Å². The Morgan fingerprint density at radius 2 is 0.403 bits per heavy atom. The van der Waals surface area contributed by atoms with Gasteiger partial charge in [0.1, 0.15) is 0 Å². The van der Waals surface area contributed by atoms with Crippen LogP contribution in [0, 0.1) is 41.5 Å². The molecule has 0 aromatic heterocycles. The molecule has 0 heterocycles. The lowest BCUT2D eigenvalue weighted by Gasteiger charge is -2.31. The second-order valence-corrected chi connectivity index (χ2v) is 26.1. The van der Waals surface area contributed by atoms with E-state index in [0.29, 0.717) is 0 Å². The molecular weight excluding hydrogens is 1070 g/mol. The molecule has 0 spiro atoms. The summed E-state index contributed by atoms with van der Waals surface area (Å²) in [5.41, 5.74) is 26.7. The molecule has 0 saturated heterocycles. The largest absolute Gasteiger partial charge is 0.310 e. The van der Waals surface area contributed by atoms with Gasteiger partial charge < -0.3 is 14.7 Å². The highest BCUT2D eigenvalue weighted by Crippen LogP contribution is 2.46. The van der Waals surface area contributed by atoms with Gasteiger partial charge in [0, 0.05) is 43.1 Å². The summed E-state index contributed by atoms with van der Waals surface area (Å²) < 4.78 is 2.12. The molecule has 0 N–H and O–H groups in total. The van der Waals surface area contributed by atoms with Crippen molar-refractivity contribution in [3.63, 3.8) is 0 Å². The number of hydrogen-bond donors (Lipinski definition) is 0. The molecule has 3 nitrogen and oxygen atoms in total. The molecule has 0 aliphatic heterocycles. The number of halogens is 2. The van der Waals surface area contributed by atoms with Gasteiger partial charge in [-0.3, -0.25) is 0 Å². The Kier molecular flexibility index (Phi) is 15.5. The van der Waals surface area contributed by atoms with Gasteiger partial charge in [0.2, 0.25) is 0 Å². The zero-order valence-electron chi connectivity index (χ0n) is 47.9. The van der Waals surface area contributed by atoms with E-state index in [2.05, 4.69) is 332 Å². The topological polar surface area (TPSA) is 9.72 Å². The average molecular weight is 1140 g/mol. The minimum absolute atomic E-state index is 0.0287. The van der Waals surface area contributed by atoms with Crippen LogP contribution in [-0.4, -0.2) is 0 Å². The number of nitrogens with zero attached hydrogens (tertiary/aromatic N) is 3. The van der Waals surface area contributed by atoms with Crippen molar-refractivity contribution in [3.8, 4) is 22.3 Å². The summed E-state index contributed by atoms with van der Waals surface area (Å²) >= 11 is 7.35. The fraction of sp³-hybridized carbons (Fsp3) is 0.250. The van der Waals surface area contributed by atoms with E-state index in [1.165, 1.54) is 89.4 Å². The number of hydrogen-bond acceptors (Lipinski definition) is 3. The first-order valence-corrected chi connectivity index (χ1v) is 28.6. The van der Waals surface area contributed by atoms with E-state index >= 15 is 0 Å². The molecule has 9 rings (SSSR count). The van der Waals surface area contributed by atoms with Crippen LogP contribution in [0.15, 0.2) is 191 Å². The summed E-state index contributed by atoms with van der Waals surface area (Å²) in [4.78, 5) is 7.24. The highest BCUT2D eigenvalue weighted by atomic mass is 79.9. The van der Waals surface area contributed by atoms with Gasteiger partial charge in [-0.15, -0.1) is 0 Å². The molecule has 0 unspecified atom stereocenters. The lowest BCUT2D eigenvalue weighted by Crippen LogP contribution is -2.16. The Balaban J connectivity index is 1.05. The van der Waals surface area contributed by atoms with Crippen LogP contribution in [0.3, 0.4) is 0 Å². The molecule has 0 aliphatic carbocycles. The molecule has 9 aromatic rings. The molecular formula is C72H75Br2N3. The Morgan fingerprint density at radius 3 is 0.558 bits per heavy atom. The first kappa shape index (κ1) is 55.1. The van der Waals surface area contributed by atoms with E-state index in [-0.39, 0.29) is 16.2 Å². The van der Waals surface area contributed by atoms with Crippen molar-refractivity contribution in [1.82, 2.24) is 0 Å². The van der Waals surface area contributed by atoms with Crippen molar-refractivity contribution < 1.29 is 0 Å². The molecule has 0 fully saturated rings. The molecule has 5 heteroatoms. The Labute approximate surface area is 477 Å². The van der Waals surface area contributed by atoms with Crippen LogP contribution < -0.4 is 14.7 Å². The van der Waals surface area contributed by atoms with E-state index in [4.69, 9.17) is 0 Å². The normalized spacial score (nSPS) is 12.0. The molecule has 0 radical (unpaired) electrons. The van der Waals surface area contributed by atoms with Crippen molar-refractivity contribution in [3.05, 3.63) is 241 Å². The summed E-state index contributed by atoms with van der Waals surface area (Å²) in [5, 5.41) is 0. The second-order valence-electron chi connectivity index (χ2n) is 24.3. The lowest BCUT2D eigenvalue weighted by molar-refractivity contribution is 0.589. The van der Waals surface area contributed by atoms with Crippen molar-refractivity contribution in [2.24, 2.45) is 0 Å². The number of anilines is 9. The summed E-state index contributed by atoms with van der Waals surface area (Å²) in [7, 11) is 0. The highest BCUT2D eigenvalue weighted by molar-refractivity contribution is 9.10. The number of rotatable bonds is 11. The Morgan fingerprint density at radius 1 is 0.247 bits per heavy atom. The standard InChI is InChI=1S/C72H75Br2N3/c1-46-40-56(70(7,8)9)41-47(2)67(46)75(61-28-16-52(17-29-61)54-20-32-63(33-21-54)76(65-36-24-59(73)25-37-65)68-48(3)42-57(43-49(68)4)71(10,11)12)62-30-18-53(19-31-62)55-22-34-64(35-23-55)77(66-38-26-60(74)27-39-66)69-50(5)44-58(45-51(69)6)72(13,14)15/h16-45H,1-15H3. The molecule has 0 saturated carbocycles. The maximum absolute atomic E-state index is 3.67. The third kappa shape index (κ3) is 11.8. The lowest BCUT2D eigenvalue weighted by atomic mass is 9.84. The molecule has 0 amide bonds. The minimum Gasteiger partial charge on any atom is -0.310 e. The quantitative estimate of drug-likeness (QED) is 0.128. The third-order valence-electron chi connectivity index (χ3n) is 15.1. The predicted octanol–water partition coefficient (Wildman–Crippen LogP) is 22.7. The van der Waals surface area contributed by atoms with E-state index in [9.17, 15) is 0 Å². The van der Waals surface area contributed by atoms with Gasteiger partial charge in [-0.05, 0) is 227 Å². The van der Waals surface area contributed by atoms with Gasteiger partial charge in [0.05, 0.1) is 17.1 Å². The Hall–Kier alpha value is -6.66. The summed E-state index contributed by atoms with van der Waals surface area (Å²) in [5.74, 6) is 0. The van der Waals surface area contributed by atoms with Crippen LogP contribution in [0.25, 0.3) is 22.3 Å². The van der Waals surface area contributed by atoms with Crippen molar-refractivity contribution in [2.75, 3.05) is 14.7 Å². The maximum Gasteiger partial charge on any atom is 0.0520 e. The average Bonchev–Trinajstić information content (AvgIpc) is 3.39. The third-order valence-corrected chi connectivity index (χ3v) is 16.1. The zero-order valence-corrected chi connectivity index (χ0v) is 51.1. The van der Waals surface area contributed by atoms with Gasteiger partial charge in [0.15, 0.2) is 0 Å². The predicted molar refractivity (Wildman–Crippen MR) is 341 cm³/mol. The van der Waals surface area contributed by atoms with E-state index in [1.807, 2.05) is 0 Å². The van der Waals surface area contributed by atoms with Crippen molar-refractivity contribution >= 4 is 83.0 Å². The van der Waals surface area contributed by atoms with Gasteiger partial charge in [0.25, 0.3) is 0 Å². The van der Waals surface area contributed by atoms with Crippen LogP contribution in [0.5, 0.6) is 0 Å². The van der Waals surface area contributed by atoms with Gasteiger partial charge >= 0.3 is 0 Å². The molecule has 9 aromatic carbocycles. The number of aryl methyl sites for hydroxylation is 6. The maximum atomic E-state index is 3.67. The van der Waals surface area contributed by atoms with Gasteiger partial charge in [-0.25, -0.2) is 0 Å². The first-order valence-electron chi connectivity index (χ1n) is 27.0. The van der Waals surface area contributed by atoms with Crippen LogP contribution in [-0.2, 0) is 16.2 Å². The molecule has 77 heavy (non-hydrogen) atoms. The molecule has 0 aliphatic rings. The fourth-order valence-corrected chi connectivity index (χ4v) is 11.4. The van der Waals surface area contributed by atoms with Crippen molar-refractivity contribution in [1.29, 1.82) is 0 Å². The molecule has 0 atom stereocenters. The monoisotopic (exact) mass is 1140 g/mol. The van der Waals surface area contributed by atoms with Crippen molar-refractivity contribution in [2.45, 2.75) is 120 Å². The van der Waals surface area contributed by atoms with Gasteiger partial charge in [-0.2, -0.15) is 0 Å². The van der Waals surface area contributed by atoms with E-state index in [1.54, 1.807) is 0 Å². The smallest absolute Gasteiger partial charge is 0.0520 e. The van der Waals surface area contributed by atoms with Gasteiger partial charge in [-0.1, -0.05) is 179 Å². The zero-order chi connectivity index (χ0) is 55.3. The molecule has 392 valence electrons. The highest BCUT2D eigenvalue weighted by Gasteiger charge is 2.25. The minimum atomic E-state index is 0.0287. The molecule has 0 bridgehead atoms. The second kappa shape index (κ2) is 21.6. The number of benzene rings is 9. The SMILES string of the molecule is Cc1cc(C(C)(C)C)cc(C)c1N(c1ccc(Br)cc1)c1ccc(-c2ccc(N(c3ccc(-c4ccc(N(c5ccc(Br)cc5)c5c(C)cc(C(C)(C)C)cc5C)cc4)cc3)c3c(C)cc(C(C)(C)C)cc3C)cc2)cc1. The first-order chi connectivity index (χ1) is 36.3. The van der Waals surface area contributed by atoms with Crippen LogP contribution in [0.4, 0.5) is 51.2 Å².